The van der Waals surface area contributed by atoms with E-state index in [1.807, 2.05) is 24.3 Å². The molecule has 3 rings (SSSR count). The normalized spacial score (nSPS) is 19.3. The van der Waals surface area contributed by atoms with Crippen molar-refractivity contribution < 1.29 is 9.59 Å². The second-order valence-corrected chi connectivity index (χ2v) is 5.27. The summed E-state index contributed by atoms with van der Waals surface area (Å²) in [6.07, 6.45) is 4.66. The molecule has 1 amide bonds. The van der Waals surface area contributed by atoms with Gasteiger partial charge in [0.2, 0.25) is 5.91 Å². The summed E-state index contributed by atoms with van der Waals surface area (Å²) in [7, 11) is 0. The number of carbonyl (C=O) groups is 2. The fourth-order valence-electron chi connectivity index (χ4n) is 2.45. The Hall–Kier alpha value is -1.64. The highest BCUT2D eigenvalue weighted by molar-refractivity contribution is 5.98. The van der Waals surface area contributed by atoms with Gasteiger partial charge >= 0.3 is 0 Å². The highest BCUT2D eigenvalue weighted by Gasteiger charge is 2.25. The van der Waals surface area contributed by atoms with Gasteiger partial charge in [-0.05, 0) is 49.4 Å². The Bertz CT molecular complexity index is 474. The third kappa shape index (κ3) is 2.30. The SMILES string of the molecule is O=C(CC1CC1)c1ccc(N2CCCC2=O)cc1. The molecule has 0 unspecified atom stereocenters. The molecule has 2 aliphatic rings. The first-order chi connectivity index (χ1) is 8.74. The highest BCUT2D eigenvalue weighted by Crippen LogP contribution is 2.33. The summed E-state index contributed by atoms with van der Waals surface area (Å²) >= 11 is 0. The van der Waals surface area contributed by atoms with Crippen molar-refractivity contribution in [2.45, 2.75) is 32.1 Å². The van der Waals surface area contributed by atoms with Crippen LogP contribution < -0.4 is 4.90 Å². The number of anilines is 1. The van der Waals surface area contributed by atoms with Crippen LogP contribution in [-0.4, -0.2) is 18.2 Å². The number of hydrogen-bond acceptors (Lipinski definition) is 2. The minimum absolute atomic E-state index is 0.187. The van der Waals surface area contributed by atoms with E-state index in [2.05, 4.69) is 0 Å². The molecule has 3 nitrogen and oxygen atoms in total. The predicted molar refractivity (Wildman–Crippen MR) is 69.7 cm³/mol. The second kappa shape index (κ2) is 4.56. The number of carbonyl (C=O) groups excluding carboxylic acids is 2. The van der Waals surface area contributed by atoms with E-state index >= 15 is 0 Å². The molecule has 18 heavy (non-hydrogen) atoms. The molecule has 1 aromatic rings. The number of Topliss-reactive ketones (excluding diaryl/α,β-unsaturated/α-hetero) is 1. The zero-order valence-electron chi connectivity index (χ0n) is 10.4. The van der Waals surface area contributed by atoms with Crippen LogP contribution in [0.2, 0.25) is 0 Å². The van der Waals surface area contributed by atoms with Gasteiger partial charge in [-0.25, -0.2) is 0 Å². The van der Waals surface area contributed by atoms with Crippen molar-refractivity contribution in [1.82, 2.24) is 0 Å². The molecule has 1 aromatic carbocycles. The van der Waals surface area contributed by atoms with E-state index in [0.29, 0.717) is 18.8 Å². The number of amides is 1. The molecular weight excluding hydrogens is 226 g/mol. The monoisotopic (exact) mass is 243 g/mol. The smallest absolute Gasteiger partial charge is 0.227 e. The molecular formula is C15H17NO2. The Morgan fingerprint density at radius 1 is 1.22 bits per heavy atom. The maximum absolute atomic E-state index is 11.9. The van der Waals surface area contributed by atoms with Crippen LogP contribution in [0.25, 0.3) is 0 Å². The lowest BCUT2D eigenvalue weighted by atomic mass is 10.1. The van der Waals surface area contributed by atoms with Crippen LogP contribution in [0, 0.1) is 5.92 Å². The maximum atomic E-state index is 11.9. The van der Waals surface area contributed by atoms with Gasteiger partial charge in [0, 0.05) is 30.6 Å². The minimum Gasteiger partial charge on any atom is -0.312 e. The van der Waals surface area contributed by atoms with Crippen LogP contribution in [0.4, 0.5) is 5.69 Å². The van der Waals surface area contributed by atoms with E-state index in [9.17, 15) is 9.59 Å². The molecule has 1 aliphatic carbocycles. The fourth-order valence-corrected chi connectivity index (χ4v) is 2.45. The molecule has 1 aliphatic heterocycles. The van der Waals surface area contributed by atoms with Crippen molar-refractivity contribution in [2.75, 3.05) is 11.4 Å². The molecule has 0 aromatic heterocycles. The van der Waals surface area contributed by atoms with Crippen LogP contribution in [0.15, 0.2) is 24.3 Å². The summed E-state index contributed by atoms with van der Waals surface area (Å²) in [5.41, 5.74) is 1.69. The molecule has 0 bridgehead atoms. The lowest BCUT2D eigenvalue weighted by molar-refractivity contribution is -0.117. The van der Waals surface area contributed by atoms with Crippen LogP contribution in [0.5, 0.6) is 0 Å². The Labute approximate surface area is 107 Å². The molecule has 94 valence electrons. The van der Waals surface area contributed by atoms with E-state index in [1.54, 1.807) is 4.90 Å². The van der Waals surface area contributed by atoms with Gasteiger partial charge in [0.05, 0.1) is 0 Å². The van der Waals surface area contributed by atoms with Crippen LogP contribution in [-0.2, 0) is 4.79 Å². The zero-order valence-corrected chi connectivity index (χ0v) is 10.4. The highest BCUT2D eigenvalue weighted by atomic mass is 16.2. The molecule has 1 heterocycles. The molecule has 2 fully saturated rings. The topological polar surface area (TPSA) is 37.4 Å². The third-order valence-electron chi connectivity index (χ3n) is 3.75. The van der Waals surface area contributed by atoms with Gasteiger partial charge in [0.25, 0.3) is 0 Å². The summed E-state index contributed by atoms with van der Waals surface area (Å²) in [6, 6.07) is 7.49. The Morgan fingerprint density at radius 2 is 1.94 bits per heavy atom. The first kappa shape index (κ1) is 11.5. The molecule has 0 radical (unpaired) electrons. The minimum atomic E-state index is 0.187. The summed E-state index contributed by atoms with van der Waals surface area (Å²) in [6.45, 7) is 0.800. The van der Waals surface area contributed by atoms with Crippen molar-refractivity contribution >= 4 is 17.4 Å². The predicted octanol–water partition coefficient (Wildman–Crippen LogP) is 2.80. The fraction of sp³-hybridized carbons (Fsp3) is 0.467. The average molecular weight is 243 g/mol. The zero-order chi connectivity index (χ0) is 12.5. The number of ketones is 1. The summed E-state index contributed by atoms with van der Waals surface area (Å²) in [4.78, 5) is 25.3. The maximum Gasteiger partial charge on any atom is 0.227 e. The second-order valence-electron chi connectivity index (χ2n) is 5.27. The van der Waals surface area contributed by atoms with E-state index < -0.39 is 0 Å². The van der Waals surface area contributed by atoms with Gasteiger partial charge in [-0.1, -0.05) is 0 Å². The lowest BCUT2D eigenvalue weighted by Crippen LogP contribution is -2.23. The van der Waals surface area contributed by atoms with Crippen molar-refractivity contribution in [3.05, 3.63) is 29.8 Å². The molecule has 0 spiro atoms. The van der Waals surface area contributed by atoms with Crippen molar-refractivity contribution in [3.8, 4) is 0 Å². The molecule has 1 saturated carbocycles. The van der Waals surface area contributed by atoms with Crippen LogP contribution in [0.1, 0.15) is 42.5 Å². The van der Waals surface area contributed by atoms with Crippen molar-refractivity contribution in [3.63, 3.8) is 0 Å². The first-order valence-corrected chi connectivity index (χ1v) is 6.67. The summed E-state index contributed by atoms with van der Waals surface area (Å²) in [5, 5.41) is 0. The van der Waals surface area contributed by atoms with Gasteiger partial charge in [-0.3, -0.25) is 9.59 Å². The van der Waals surface area contributed by atoms with E-state index in [4.69, 9.17) is 0 Å². The quantitative estimate of drug-likeness (QED) is 0.762. The average Bonchev–Trinajstić information content (AvgIpc) is 3.09. The van der Waals surface area contributed by atoms with Crippen molar-refractivity contribution in [1.29, 1.82) is 0 Å². The molecule has 0 atom stereocenters. The van der Waals surface area contributed by atoms with Crippen LogP contribution >= 0.6 is 0 Å². The number of hydrogen-bond donors (Lipinski definition) is 0. The summed E-state index contributed by atoms with van der Waals surface area (Å²) < 4.78 is 0. The number of benzene rings is 1. The third-order valence-corrected chi connectivity index (χ3v) is 3.75. The summed E-state index contributed by atoms with van der Waals surface area (Å²) in [5.74, 6) is 1.04. The first-order valence-electron chi connectivity index (χ1n) is 6.67. The van der Waals surface area contributed by atoms with Gasteiger partial charge < -0.3 is 4.90 Å². The van der Waals surface area contributed by atoms with Gasteiger partial charge in [0.15, 0.2) is 5.78 Å². The molecule has 0 N–H and O–H groups in total. The van der Waals surface area contributed by atoms with Gasteiger partial charge in [0.1, 0.15) is 0 Å². The molecule has 1 saturated heterocycles. The van der Waals surface area contributed by atoms with Crippen LogP contribution in [0.3, 0.4) is 0 Å². The number of nitrogens with zero attached hydrogens (tertiary/aromatic N) is 1. The number of rotatable bonds is 4. The van der Waals surface area contributed by atoms with Gasteiger partial charge in [-0.15, -0.1) is 0 Å². The van der Waals surface area contributed by atoms with E-state index in [1.165, 1.54) is 12.8 Å². The Kier molecular flexibility index (Phi) is 2.90. The molecule has 3 heteroatoms. The van der Waals surface area contributed by atoms with E-state index in [-0.39, 0.29) is 11.7 Å². The van der Waals surface area contributed by atoms with Crippen molar-refractivity contribution in [2.24, 2.45) is 5.92 Å². The standard InChI is InChI=1S/C15H17NO2/c17-14(10-11-3-4-11)12-5-7-13(8-6-12)16-9-1-2-15(16)18/h5-8,11H,1-4,9-10H2. The lowest BCUT2D eigenvalue weighted by Gasteiger charge is -2.15. The largest absolute Gasteiger partial charge is 0.312 e. The Balaban J connectivity index is 1.71. The Morgan fingerprint density at radius 3 is 2.50 bits per heavy atom. The van der Waals surface area contributed by atoms with Gasteiger partial charge in [-0.2, -0.15) is 0 Å². The van der Waals surface area contributed by atoms with E-state index in [0.717, 1.165) is 24.2 Å².